The number of anilines is 1. The normalized spacial score (nSPS) is 13.3. The molecule has 1 aliphatic heterocycles. The van der Waals surface area contributed by atoms with E-state index in [1.807, 2.05) is 28.9 Å². The van der Waals surface area contributed by atoms with Crippen LogP contribution in [0.5, 0.6) is 11.5 Å². The van der Waals surface area contributed by atoms with E-state index in [-0.39, 0.29) is 0 Å². The Labute approximate surface area is 131 Å². The van der Waals surface area contributed by atoms with Gasteiger partial charge in [-0.05, 0) is 6.07 Å². The van der Waals surface area contributed by atoms with Crippen LogP contribution < -0.4 is 14.8 Å². The second-order valence-electron chi connectivity index (χ2n) is 4.89. The predicted molar refractivity (Wildman–Crippen MR) is 82.8 cm³/mol. The molecule has 1 aromatic carbocycles. The highest BCUT2D eigenvalue weighted by Crippen LogP contribution is 2.38. The fourth-order valence-electron chi connectivity index (χ4n) is 2.35. The Morgan fingerprint density at radius 1 is 1.23 bits per heavy atom. The first kappa shape index (κ1) is 13.2. The van der Waals surface area contributed by atoms with Crippen molar-refractivity contribution in [2.75, 3.05) is 18.5 Å². The molecule has 0 atom stereocenters. The highest BCUT2D eigenvalue weighted by Gasteiger charge is 2.15. The first-order valence-corrected chi connectivity index (χ1v) is 7.29. The van der Waals surface area contributed by atoms with Gasteiger partial charge in [0, 0.05) is 30.7 Å². The molecular formula is C15H13ClN4O2. The average molecular weight is 317 g/mol. The minimum atomic E-state index is 0.544. The van der Waals surface area contributed by atoms with E-state index in [9.17, 15) is 0 Å². The van der Waals surface area contributed by atoms with E-state index < -0.39 is 0 Å². The molecule has 0 saturated carbocycles. The quantitative estimate of drug-likeness (QED) is 0.805. The third kappa shape index (κ3) is 2.42. The summed E-state index contributed by atoms with van der Waals surface area (Å²) in [4.78, 5) is 8.63. The first-order valence-electron chi connectivity index (χ1n) is 6.91. The zero-order valence-electron chi connectivity index (χ0n) is 11.6. The lowest BCUT2D eigenvalue weighted by Crippen LogP contribution is -2.15. The zero-order chi connectivity index (χ0) is 14.9. The van der Waals surface area contributed by atoms with Gasteiger partial charge in [0.15, 0.2) is 11.5 Å². The molecule has 0 fully saturated rings. The summed E-state index contributed by atoms with van der Waals surface area (Å²) in [6.45, 7) is 1.64. The number of fused-ring (bicyclic) bond motifs is 2. The number of hydrogen-bond acceptors (Lipinski definition) is 5. The number of halogens is 1. The van der Waals surface area contributed by atoms with Crippen LogP contribution in [0.1, 0.15) is 5.69 Å². The molecule has 0 amide bonds. The number of aromatic nitrogens is 3. The molecule has 4 rings (SSSR count). The fourth-order valence-corrected chi connectivity index (χ4v) is 2.57. The summed E-state index contributed by atoms with van der Waals surface area (Å²) in [5.41, 5.74) is 1.67. The summed E-state index contributed by atoms with van der Waals surface area (Å²) >= 11 is 6.27. The van der Waals surface area contributed by atoms with Crippen molar-refractivity contribution in [1.29, 1.82) is 0 Å². The molecule has 1 aliphatic rings. The van der Waals surface area contributed by atoms with Gasteiger partial charge in [-0.25, -0.2) is 9.97 Å². The molecule has 3 heterocycles. The standard InChI is InChI=1S/C15H13ClN4O2/c16-11-6-13-14(22-5-4-21-13)7-12(11)18-8-10-9-20-3-1-2-17-15(20)19-10/h1-3,6-7,9,18H,4-5,8H2. The maximum Gasteiger partial charge on any atom is 0.233 e. The molecule has 0 radical (unpaired) electrons. The third-order valence-corrected chi connectivity index (χ3v) is 3.69. The molecule has 1 N–H and O–H groups in total. The smallest absolute Gasteiger partial charge is 0.233 e. The van der Waals surface area contributed by atoms with Crippen LogP contribution in [0.3, 0.4) is 0 Å². The van der Waals surface area contributed by atoms with E-state index in [0.29, 0.717) is 42.1 Å². The van der Waals surface area contributed by atoms with Crippen LogP contribution in [-0.2, 0) is 6.54 Å². The SMILES string of the molecule is Clc1cc2c(cc1NCc1cn3cccnc3n1)OCCO2. The second kappa shape index (κ2) is 5.38. The average Bonchev–Trinajstić information content (AvgIpc) is 2.95. The Morgan fingerprint density at radius 2 is 2.05 bits per heavy atom. The van der Waals surface area contributed by atoms with E-state index in [2.05, 4.69) is 15.3 Å². The first-order chi connectivity index (χ1) is 10.8. The summed E-state index contributed by atoms with van der Waals surface area (Å²) < 4.78 is 12.9. The summed E-state index contributed by atoms with van der Waals surface area (Å²) in [6, 6.07) is 5.48. The monoisotopic (exact) mass is 316 g/mol. The van der Waals surface area contributed by atoms with Crippen LogP contribution in [0.2, 0.25) is 5.02 Å². The van der Waals surface area contributed by atoms with Crippen LogP contribution in [0.25, 0.3) is 5.78 Å². The van der Waals surface area contributed by atoms with E-state index in [1.165, 1.54) is 0 Å². The van der Waals surface area contributed by atoms with Crippen molar-refractivity contribution in [2.24, 2.45) is 0 Å². The van der Waals surface area contributed by atoms with Gasteiger partial charge in [0.1, 0.15) is 13.2 Å². The number of imidazole rings is 1. The molecule has 2 aromatic heterocycles. The van der Waals surface area contributed by atoms with Gasteiger partial charge in [0.2, 0.25) is 5.78 Å². The van der Waals surface area contributed by atoms with Crippen molar-refractivity contribution < 1.29 is 9.47 Å². The minimum Gasteiger partial charge on any atom is -0.486 e. The molecule has 0 spiro atoms. The van der Waals surface area contributed by atoms with Gasteiger partial charge in [0.25, 0.3) is 0 Å². The molecular weight excluding hydrogens is 304 g/mol. The maximum atomic E-state index is 6.27. The highest BCUT2D eigenvalue weighted by molar-refractivity contribution is 6.33. The number of benzene rings is 1. The van der Waals surface area contributed by atoms with E-state index in [1.54, 1.807) is 12.3 Å². The van der Waals surface area contributed by atoms with Crippen LogP contribution in [0.4, 0.5) is 5.69 Å². The molecule has 7 heteroatoms. The zero-order valence-corrected chi connectivity index (χ0v) is 12.4. The van der Waals surface area contributed by atoms with Crippen LogP contribution in [0.15, 0.2) is 36.8 Å². The van der Waals surface area contributed by atoms with Crippen LogP contribution in [-0.4, -0.2) is 27.6 Å². The van der Waals surface area contributed by atoms with Gasteiger partial charge in [-0.3, -0.25) is 4.40 Å². The molecule has 112 valence electrons. The van der Waals surface area contributed by atoms with E-state index >= 15 is 0 Å². The Bertz CT molecular complexity index is 801. The topological polar surface area (TPSA) is 60.7 Å². The van der Waals surface area contributed by atoms with Crippen molar-refractivity contribution in [1.82, 2.24) is 14.4 Å². The lowest BCUT2D eigenvalue weighted by Gasteiger charge is -2.20. The van der Waals surface area contributed by atoms with Crippen molar-refractivity contribution >= 4 is 23.1 Å². The molecule has 22 heavy (non-hydrogen) atoms. The van der Waals surface area contributed by atoms with Gasteiger partial charge < -0.3 is 14.8 Å². The van der Waals surface area contributed by atoms with Gasteiger partial charge >= 0.3 is 0 Å². The summed E-state index contributed by atoms with van der Waals surface area (Å²) in [7, 11) is 0. The Kier molecular flexibility index (Phi) is 3.23. The predicted octanol–water partition coefficient (Wildman–Crippen LogP) is 2.77. The molecule has 0 aliphatic carbocycles. The summed E-state index contributed by atoms with van der Waals surface area (Å²) in [5.74, 6) is 2.06. The Balaban J connectivity index is 1.55. The molecule has 6 nitrogen and oxygen atoms in total. The number of hydrogen-bond donors (Lipinski definition) is 1. The van der Waals surface area contributed by atoms with Gasteiger partial charge in [-0.2, -0.15) is 0 Å². The van der Waals surface area contributed by atoms with Crippen molar-refractivity contribution in [3.05, 3.63) is 47.5 Å². The number of nitrogens with zero attached hydrogens (tertiary/aromatic N) is 3. The highest BCUT2D eigenvalue weighted by atomic mass is 35.5. The molecule has 0 unspecified atom stereocenters. The van der Waals surface area contributed by atoms with E-state index in [4.69, 9.17) is 21.1 Å². The molecule has 0 bridgehead atoms. The van der Waals surface area contributed by atoms with Gasteiger partial charge in [-0.15, -0.1) is 0 Å². The number of ether oxygens (including phenoxy) is 2. The van der Waals surface area contributed by atoms with E-state index in [0.717, 1.165) is 11.4 Å². The van der Waals surface area contributed by atoms with Crippen molar-refractivity contribution in [2.45, 2.75) is 6.54 Å². The Morgan fingerprint density at radius 3 is 2.86 bits per heavy atom. The second-order valence-corrected chi connectivity index (χ2v) is 5.30. The lowest BCUT2D eigenvalue weighted by molar-refractivity contribution is 0.171. The number of rotatable bonds is 3. The summed E-state index contributed by atoms with van der Waals surface area (Å²) in [5, 5.41) is 3.86. The van der Waals surface area contributed by atoms with Crippen molar-refractivity contribution in [3.63, 3.8) is 0 Å². The third-order valence-electron chi connectivity index (χ3n) is 3.38. The lowest BCUT2D eigenvalue weighted by atomic mass is 10.2. The van der Waals surface area contributed by atoms with Crippen LogP contribution in [0, 0.1) is 0 Å². The van der Waals surface area contributed by atoms with Gasteiger partial charge in [-0.1, -0.05) is 11.6 Å². The Hall–Kier alpha value is -2.47. The molecule has 3 aromatic rings. The van der Waals surface area contributed by atoms with Crippen LogP contribution >= 0.6 is 11.6 Å². The van der Waals surface area contributed by atoms with Gasteiger partial charge in [0.05, 0.1) is 22.9 Å². The summed E-state index contributed by atoms with van der Waals surface area (Å²) in [6.07, 6.45) is 5.56. The largest absolute Gasteiger partial charge is 0.486 e. The number of nitrogens with one attached hydrogen (secondary N) is 1. The minimum absolute atomic E-state index is 0.544. The molecule has 0 saturated heterocycles. The van der Waals surface area contributed by atoms with Crippen molar-refractivity contribution in [3.8, 4) is 11.5 Å². The fraction of sp³-hybridized carbons (Fsp3) is 0.200. The maximum absolute atomic E-state index is 6.27.